The molecule has 0 saturated carbocycles. The summed E-state index contributed by atoms with van der Waals surface area (Å²) in [5.74, 6) is -0.668. The average molecular weight is 423 g/mol. The first-order valence-electron chi connectivity index (χ1n) is 9.00. The number of anilines is 1. The summed E-state index contributed by atoms with van der Waals surface area (Å²) in [5.41, 5.74) is 1.79. The molecule has 4 aromatic rings. The molecule has 9 nitrogen and oxygen atoms in total. The van der Waals surface area contributed by atoms with Crippen LogP contribution in [0.3, 0.4) is 0 Å². The highest BCUT2D eigenvalue weighted by Gasteiger charge is 2.18. The molecule has 0 unspecified atom stereocenters. The molecule has 0 atom stereocenters. The fraction of sp³-hybridized carbons (Fsp3) is 0.0476. The number of nitrogens with one attached hydrogen (secondary N) is 1. The number of fused-ring (bicyclic) bond motifs is 1. The van der Waals surface area contributed by atoms with Gasteiger partial charge in [0, 0.05) is 29.4 Å². The van der Waals surface area contributed by atoms with Crippen molar-refractivity contribution in [3.63, 3.8) is 0 Å². The molecule has 0 saturated heterocycles. The van der Waals surface area contributed by atoms with E-state index in [2.05, 4.69) is 10.3 Å². The lowest BCUT2D eigenvalue weighted by Gasteiger charge is -2.10. The third kappa shape index (κ3) is 3.73. The van der Waals surface area contributed by atoms with Gasteiger partial charge in [-0.1, -0.05) is 0 Å². The molecule has 0 bridgehead atoms. The lowest BCUT2D eigenvalue weighted by Crippen LogP contribution is -2.13. The number of carbonyl (C=O) groups excluding carboxylic acids is 1. The molecule has 0 aliphatic rings. The van der Waals surface area contributed by atoms with Gasteiger partial charge in [0.05, 0.1) is 23.1 Å². The van der Waals surface area contributed by atoms with Crippen molar-refractivity contribution >= 4 is 28.3 Å². The average Bonchev–Trinajstić information content (AvgIpc) is 3.10. The molecule has 3 aromatic carbocycles. The maximum Gasteiger partial charge on any atom is 0.318 e. The third-order valence-electron chi connectivity index (χ3n) is 4.64. The summed E-state index contributed by atoms with van der Waals surface area (Å²) in [6.45, 7) is 0. The highest BCUT2D eigenvalue weighted by molar-refractivity contribution is 6.06. The first kappa shape index (κ1) is 19.8. The van der Waals surface area contributed by atoms with Gasteiger partial charge in [0.25, 0.3) is 10.8 Å². The number of hydrogen-bond acceptors (Lipinski definition) is 5. The van der Waals surface area contributed by atoms with E-state index in [0.29, 0.717) is 16.8 Å². The second-order valence-corrected chi connectivity index (χ2v) is 6.57. The van der Waals surface area contributed by atoms with Crippen LogP contribution in [0.25, 0.3) is 22.4 Å². The second-order valence-electron chi connectivity index (χ2n) is 6.57. The molecular weight excluding hydrogens is 407 g/mol. The highest BCUT2D eigenvalue weighted by atomic mass is 19.1. The quantitative estimate of drug-likeness (QED) is 0.328. The largest absolute Gasteiger partial charge is 0.496 e. The van der Waals surface area contributed by atoms with Crippen LogP contribution >= 0.6 is 0 Å². The van der Waals surface area contributed by atoms with Crippen molar-refractivity contribution in [2.45, 2.75) is 0 Å². The zero-order valence-corrected chi connectivity index (χ0v) is 16.1. The van der Waals surface area contributed by atoms with Crippen LogP contribution in [0.1, 0.15) is 10.4 Å². The summed E-state index contributed by atoms with van der Waals surface area (Å²) < 4.78 is 19.2. The number of aromatic nitrogens is 2. The monoisotopic (exact) mass is 423 g/mol. The van der Waals surface area contributed by atoms with Gasteiger partial charge in [0.15, 0.2) is 5.82 Å². The minimum Gasteiger partial charge on any atom is -0.496 e. The van der Waals surface area contributed by atoms with Crippen molar-refractivity contribution in [1.82, 2.24) is 9.71 Å². The summed E-state index contributed by atoms with van der Waals surface area (Å²) in [6.07, 6.45) is 0. The van der Waals surface area contributed by atoms with Gasteiger partial charge < -0.3 is 15.3 Å². The summed E-state index contributed by atoms with van der Waals surface area (Å²) in [7, 11) is 1.35. The van der Waals surface area contributed by atoms with Crippen molar-refractivity contribution in [3.05, 3.63) is 77.0 Å². The van der Waals surface area contributed by atoms with Gasteiger partial charge in [-0.05, 0) is 42.5 Å². The molecule has 0 aliphatic carbocycles. The number of benzene rings is 3. The van der Waals surface area contributed by atoms with E-state index in [1.165, 1.54) is 37.4 Å². The first-order valence-corrected chi connectivity index (χ1v) is 9.00. The number of nitrogens with zero attached hydrogens (tertiary/aromatic N) is 3. The van der Waals surface area contributed by atoms with Crippen molar-refractivity contribution in [2.75, 3.05) is 12.4 Å². The Morgan fingerprint density at radius 3 is 2.55 bits per heavy atom. The molecule has 1 amide bonds. The van der Waals surface area contributed by atoms with Gasteiger partial charge in [-0.2, -0.15) is 4.73 Å². The van der Waals surface area contributed by atoms with E-state index in [4.69, 9.17) is 9.94 Å². The Hall–Kier alpha value is -4.47. The summed E-state index contributed by atoms with van der Waals surface area (Å²) in [4.78, 5) is 27.6. The van der Waals surface area contributed by atoms with E-state index in [1.807, 2.05) is 0 Å². The normalized spacial score (nSPS) is 10.8. The molecule has 3 N–H and O–H groups in total. The Morgan fingerprint density at radius 1 is 1.13 bits per heavy atom. The molecule has 156 valence electrons. The maximum atomic E-state index is 13.3. The molecule has 10 heteroatoms. The predicted molar refractivity (Wildman–Crippen MR) is 108 cm³/mol. The SMILES string of the molecule is COc1cc(F)ccc1C(=O)Nc1ccc(-c2nc3ccc([N+](=O)O)cc3n2O)cc1. The summed E-state index contributed by atoms with van der Waals surface area (Å²) in [5, 5.41) is 22.2. The Kier molecular flexibility index (Phi) is 4.96. The minimum atomic E-state index is -0.515. The smallest absolute Gasteiger partial charge is 0.318 e. The van der Waals surface area contributed by atoms with Gasteiger partial charge in [0.1, 0.15) is 17.1 Å². The van der Waals surface area contributed by atoms with Gasteiger partial charge in [-0.15, -0.1) is 0 Å². The van der Waals surface area contributed by atoms with E-state index in [9.17, 15) is 19.3 Å². The number of imidazole rings is 1. The fourth-order valence-electron chi connectivity index (χ4n) is 3.11. The van der Waals surface area contributed by atoms with Crippen molar-refractivity contribution in [2.24, 2.45) is 0 Å². The van der Waals surface area contributed by atoms with Crippen molar-refractivity contribution in [1.29, 1.82) is 0 Å². The van der Waals surface area contributed by atoms with E-state index >= 15 is 0 Å². The van der Waals surface area contributed by atoms with Crippen molar-refractivity contribution in [3.8, 4) is 17.1 Å². The molecule has 0 aliphatic heterocycles. The van der Waals surface area contributed by atoms with E-state index in [0.717, 1.165) is 10.8 Å². The van der Waals surface area contributed by atoms with Crippen LogP contribution in [0.15, 0.2) is 60.7 Å². The molecule has 0 spiro atoms. The zero-order chi connectivity index (χ0) is 22.1. The lowest BCUT2D eigenvalue weighted by molar-refractivity contribution is -0.729. The maximum absolute atomic E-state index is 13.3. The lowest BCUT2D eigenvalue weighted by atomic mass is 10.1. The minimum absolute atomic E-state index is 0.0523. The first-order chi connectivity index (χ1) is 14.9. The fourth-order valence-corrected chi connectivity index (χ4v) is 3.11. The number of carbonyl (C=O) groups is 1. The molecule has 0 fully saturated rings. The van der Waals surface area contributed by atoms with Crippen LogP contribution in [-0.2, 0) is 0 Å². The molecule has 0 radical (unpaired) electrons. The van der Waals surface area contributed by atoms with Gasteiger partial charge in [-0.3, -0.25) is 4.79 Å². The Morgan fingerprint density at radius 2 is 1.87 bits per heavy atom. The second kappa shape index (κ2) is 7.75. The van der Waals surface area contributed by atoms with Crippen LogP contribution in [0.4, 0.5) is 15.8 Å². The highest BCUT2D eigenvalue weighted by Crippen LogP contribution is 2.27. The number of ether oxygens (including phenoxy) is 1. The molecule has 1 heterocycles. The summed E-state index contributed by atoms with van der Waals surface area (Å²) >= 11 is 0. The topological polar surface area (TPSA) is 117 Å². The Balaban J connectivity index is 1.59. The van der Waals surface area contributed by atoms with Crippen LogP contribution in [0, 0.1) is 10.7 Å². The molecule has 4 rings (SSSR count). The van der Waals surface area contributed by atoms with E-state index in [-0.39, 0.29) is 33.3 Å². The van der Waals surface area contributed by atoms with E-state index in [1.54, 1.807) is 24.3 Å². The number of methoxy groups -OCH3 is 1. The van der Waals surface area contributed by atoms with E-state index < -0.39 is 11.7 Å². The number of rotatable bonds is 5. The van der Waals surface area contributed by atoms with Crippen LogP contribution in [0.5, 0.6) is 5.75 Å². The predicted octanol–water partition coefficient (Wildman–Crippen LogP) is 4.14. The number of amides is 1. The van der Waals surface area contributed by atoms with Crippen molar-refractivity contribution < 1.29 is 29.3 Å². The van der Waals surface area contributed by atoms with Crippen LogP contribution in [-0.4, -0.2) is 38.1 Å². The Bertz CT molecular complexity index is 1320. The third-order valence-corrected chi connectivity index (χ3v) is 4.64. The van der Waals surface area contributed by atoms with Crippen LogP contribution in [0.2, 0.25) is 0 Å². The van der Waals surface area contributed by atoms with Crippen LogP contribution < -0.4 is 10.1 Å². The Labute approximate surface area is 174 Å². The molecule has 31 heavy (non-hydrogen) atoms. The number of halogens is 1. The van der Waals surface area contributed by atoms with Gasteiger partial charge >= 0.3 is 5.69 Å². The molecule has 1 aromatic heterocycles. The number of hydrogen-bond donors (Lipinski definition) is 3. The summed E-state index contributed by atoms with van der Waals surface area (Å²) in [6, 6.07) is 14.3. The standard InChI is InChI=1S/C21H15FN4O5/c1-31-19-10-13(22)4-8-16(19)21(27)23-14-5-2-12(3-6-14)20-24-17-9-7-15(26(29)30)11-18(17)25(20)28/h2-11,28H,1H3,(H-,23,24,27,29,30)/p+1. The molecular formula is C21H16FN4O5+. The zero-order valence-electron chi connectivity index (χ0n) is 16.1. The van der Waals surface area contributed by atoms with Gasteiger partial charge in [0.2, 0.25) is 0 Å². The van der Waals surface area contributed by atoms with Gasteiger partial charge in [-0.25, -0.2) is 14.6 Å².